The molecular weight excluding hydrogens is 334 g/mol. The molecule has 2 N–H and O–H groups in total. The van der Waals surface area contributed by atoms with Crippen molar-refractivity contribution in [2.45, 2.75) is 12.5 Å². The Balaban J connectivity index is 1.82. The Morgan fingerprint density at radius 2 is 2.29 bits per heavy atom. The van der Waals surface area contributed by atoms with E-state index >= 15 is 0 Å². The third-order valence-corrected chi connectivity index (χ3v) is 3.68. The fourth-order valence-corrected chi connectivity index (χ4v) is 2.35. The second kappa shape index (κ2) is 6.42. The molecule has 1 amide bonds. The first-order chi connectivity index (χ1) is 11.5. The van der Waals surface area contributed by atoms with E-state index in [1.54, 1.807) is 31.2 Å². The zero-order chi connectivity index (χ0) is 17.2. The fourth-order valence-electron chi connectivity index (χ4n) is 2.18. The lowest BCUT2D eigenvalue weighted by Crippen LogP contribution is -2.38. The van der Waals surface area contributed by atoms with Crippen LogP contribution in [-0.2, 0) is 5.60 Å². The number of carbonyl (C=O) groups is 1. The minimum atomic E-state index is -1.34. The SMILES string of the molecule is CC(O)(CNC(=O)c1cc(Cl)ccc1-n1cnnn1)c1ccco1. The quantitative estimate of drug-likeness (QED) is 0.725. The molecule has 3 aromatic rings. The third kappa shape index (κ3) is 3.29. The molecule has 0 bridgehead atoms. The number of benzene rings is 1. The Morgan fingerprint density at radius 1 is 1.46 bits per heavy atom. The van der Waals surface area contributed by atoms with Gasteiger partial charge >= 0.3 is 0 Å². The summed E-state index contributed by atoms with van der Waals surface area (Å²) in [6.45, 7) is 1.51. The normalized spacial score (nSPS) is 13.5. The van der Waals surface area contributed by atoms with Gasteiger partial charge in [0, 0.05) is 5.02 Å². The number of nitrogens with zero attached hydrogens (tertiary/aromatic N) is 4. The molecule has 2 heterocycles. The topological polar surface area (TPSA) is 106 Å². The first kappa shape index (κ1) is 16.2. The van der Waals surface area contributed by atoms with Crippen molar-refractivity contribution in [2.24, 2.45) is 0 Å². The van der Waals surface area contributed by atoms with Gasteiger partial charge in [-0.05, 0) is 47.7 Å². The largest absolute Gasteiger partial charge is 0.466 e. The predicted molar refractivity (Wildman–Crippen MR) is 84.8 cm³/mol. The van der Waals surface area contributed by atoms with Gasteiger partial charge in [0.05, 0.1) is 24.1 Å². The molecule has 124 valence electrons. The smallest absolute Gasteiger partial charge is 0.253 e. The number of hydrogen-bond donors (Lipinski definition) is 2. The molecular formula is C15H14ClN5O3. The summed E-state index contributed by atoms with van der Waals surface area (Å²) in [5, 5.41) is 24.4. The van der Waals surface area contributed by atoms with Crippen LogP contribution in [0.5, 0.6) is 0 Å². The summed E-state index contributed by atoms with van der Waals surface area (Å²) in [6.07, 6.45) is 2.83. The Morgan fingerprint density at radius 3 is 2.96 bits per heavy atom. The van der Waals surface area contributed by atoms with Crippen LogP contribution in [0, 0.1) is 0 Å². The second-order valence-electron chi connectivity index (χ2n) is 5.35. The van der Waals surface area contributed by atoms with E-state index < -0.39 is 11.5 Å². The average Bonchev–Trinajstić information content (AvgIpc) is 3.25. The first-order valence-corrected chi connectivity index (χ1v) is 7.42. The summed E-state index contributed by atoms with van der Waals surface area (Å²) in [7, 11) is 0. The van der Waals surface area contributed by atoms with Crippen LogP contribution in [0.4, 0.5) is 0 Å². The third-order valence-electron chi connectivity index (χ3n) is 3.44. The maximum absolute atomic E-state index is 12.5. The predicted octanol–water partition coefficient (Wildman–Crippen LogP) is 1.55. The van der Waals surface area contributed by atoms with Crippen molar-refractivity contribution in [1.82, 2.24) is 25.5 Å². The highest BCUT2D eigenvalue weighted by atomic mass is 35.5. The van der Waals surface area contributed by atoms with Crippen LogP contribution in [0.2, 0.25) is 5.02 Å². The lowest BCUT2D eigenvalue weighted by molar-refractivity contribution is 0.0330. The van der Waals surface area contributed by atoms with Gasteiger partial charge in [-0.3, -0.25) is 4.79 Å². The van der Waals surface area contributed by atoms with Crippen LogP contribution in [0.1, 0.15) is 23.0 Å². The summed E-state index contributed by atoms with van der Waals surface area (Å²) in [6, 6.07) is 8.08. The number of hydrogen-bond acceptors (Lipinski definition) is 6. The Hall–Kier alpha value is -2.71. The minimum absolute atomic E-state index is 0.0408. The summed E-state index contributed by atoms with van der Waals surface area (Å²) < 4.78 is 6.54. The van der Waals surface area contributed by atoms with Crippen LogP contribution in [-0.4, -0.2) is 37.8 Å². The molecule has 0 radical (unpaired) electrons. The first-order valence-electron chi connectivity index (χ1n) is 7.05. The molecule has 8 nitrogen and oxygen atoms in total. The molecule has 0 saturated carbocycles. The zero-order valence-corrected chi connectivity index (χ0v) is 13.4. The van der Waals surface area contributed by atoms with Gasteiger partial charge in [-0.15, -0.1) is 5.10 Å². The van der Waals surface area contributed by atoms with Crippen LogP contribution in [0.25, 0.3) is 5.69 Å². The highest BCUT2D eigenvalue weighted by molar-refractivity contribution is 6.31. The van der Waals surface area contributed by atoms with E-state index in [9.17, 15) is 9.90 Å². The number of nitrogens with one attached hydrogen (secondary N) is 1. The number of rotatable bonds is 5. The van der Waals surface area contributed by atoms with Gasteiger partial charge in [0.2, 0.25) is 0 Å². The number of tetrazole rings is 1. The lowest BCUT2D eigenvalue weighted by atomic mass is 10.0. The van der Waals surface area contributed by atoms with Gasteiger partial charge in [-0.1, -0.05) is 11.6 Å². The summed E-state index contributed by atoms with van der Waals surface area (Å²) in [4.78, 5) is 12.5. The molecule has 1 atom stereocenters. The molecule has 0 aliphatic carbocycles. The lowest BCUT2D eigenvalue weighted by Gasteiger charge is -2.21. The van der Waals surface area contributed by atoms with E-state index in [1.165, 1.54) is 23.3 Å². The van der Waals surface area contributed by atoms with E-state index in [4.69, 9.17) is 16.0 Å². The average molecular weight is 348 g/mol. The van der Waals surface area contributed by atoms with Crippen molar-refractivity contribution < 1.29 is 14.3 Å². The van der Waals surface area contributed by atoms with Gasteiger partial charge in [0.1, 0.15) is 17.7 Å². The molecule has 0 aliphatic rings. The van der Waals surface area contributed by atoms with E-state index in [0.717, 1.165) is 0 Å². The molecule has 9 heteroatoms. The van der Waals surface area contributed by atoms with Crippen LogP contribution in [0.15, 0.2) is 47.3 Å². The van der Waals surface area contributed by atoms with Crippen molar-refractivity contribution in [2.75, 3.05) is 6.54 Å². The molecule has 0 spiro atoms. The standard InChI is InChI=1S/C15H14ClN5O3/c1-15(23,13-3-2-6-24-13)8-17-14(22)11-7-10(16)4-5-12(11)21-9-18-19-20-21/h2-7,9,23H,8H2,1H3,(H,17,22). The maximum Gasteiger partial charge on any atom is 0.253 e. The minimum Gasteiger partial charge on any atom is -0.466 e. The van der Waals surface area contributed by atoms with E-state index in [1.807, 2.05) is 0 Å². The van der Waals surface area contributed by atoms with Gasteiger partial charge in [0.25, 0.3) is 5.91 Å². The molecule has 2 aromatic heterocycles. The molecule has 3 rings (SSSR count). The van der Waals surface area contributed by atoms with E-state index in [-0.39, 0.29) is 12.1 Å². The number of carbonyl (C=O) groups excluding carboxylic acids is 1. The number of amides is 1. The Kier molecular flexibility index (Phi) is 4.32. The van der Waals surface area contributed by atoms with Crippen LogP contribution in [0.3, 0.4) is 0 Å². The molecule has 0 aliphatic heterocycles. The van der Waals surface area contributed by atoms with E-state index in [0.29, 0.717) is 16.5 Å². The van der Waals surface area contributed by atoms with Crippen molar-refractivity contribution >= 4 is 17.5 Å². The number of furan rings is 1. The van der Waals surface area contributed by atoms with Crippen molar-refractivity contribution in [3.8, 4) is 5.69 Å². The number of aliphatic hydroxyl groups is 1. The van der Waals surface area contributed by atoms with Gasteiger partial charge in [-0.25, -0.2) is 0 Å². The van der Waals surface area contributed by atoms with Crippen molar-refractivity contribution in [1.29, 1.82) is 0 Å². The summed E-state index contributed by atoms with van der Waals surface area (Å²) in [5.74, 6) is -0.0653. The van der Waals surface area contributed by atoms with Crippen molar-refractivity contribution in [3.63, 3.8) is 0 Å². The van der Waals surface area contributed by atoms with Gasteiger partial charge < -0.3 is 14.8 Å². The van der Waals surface area contributed by atoms with E-state index in [2.05, 4.69) is 20.8 Å². The van der Waals surface area contributed by atoms with Crippen LogP contribution >= 0.6 is 11.6 Å². The number of halogens is 1. The van der Waals surface area contributed by atoms with Crippen LogP contribution < -0.4 is 5.32 Å². The summed E-state index contributed by atoms with van der Waals surface area (Å²) in [5.41, 5.74) is -0.586. The monoisotopic (exact) mass is 347 g/mol. The van der Waals surface area contributed by atoms with Gasteiger partial charge in [0.15, 0.2) is 0 Å². The maximum atomic E-state index is 12.5. The molecule has 0 fully saturated rings. The zero-order valence-electron chi connectivity index (χ0n) is 12.7. The molecule has 24 heavy (non-hydrogen) atoms. The Bertz CT molecular complexity index is 831. The Labute approximate surface area is 142 Å². The molecule has 1 unspecified atom stereocenters. The summed E-state index contributed by atoms with van der Waals surface area (Å²) >= 11 is 5.99. The van der Waals surface area contributed by atoms with Crippen molar-refractivity contribution in [3.05, 3.63) is 59.3 Å². The molecule has 0 saturated heterocycles. The van der Waals surface area contributed by atoms with Gasteiger partial charge in [-0.2, -0.15) is 4.68 Å². The highest BCUT2D eigenvalue weighted by Gasteiger charge is 2.27. The molecule has 1 aromatic carbocycles. The fraction of sp³-hybridized carbons (Fsp3) is 0.200. The second-order valence-corrected chi connectivity index (χ2v) is 5.79. The number of aromatic nitrogens is 4. The highest BCUT2D eigenvalue weighted by Crippen LogP contribution is 2.22.